The molecule has 3 aromatic carbocycles. The number of rotatable bonds is 9. The Morgan fingerprint density at radius 2 is 1.56 bits per heavy atom. The third-order valence-electron chi connectivity index (χ3n) is 6.45. The van der Waals surface area contributed by atoms with Crippen LogP contribution in [0.15, 0.2) is 71.6 Å². The second-order valence-corrected chi connectivity index (χ2v) is 10.8. The highest BCUT2D eigenvalue weighted by molar-refractivity contribution is 7.89. The zero-order valence-corrected chi connectivity index (χ0v) is 21.0. The van der Waals surface area contributed by atoms with Crippen LogP contribution in [0.4, 0.5) is 0 Å². The van der Waals surface area contributed by atoms with Crippen molar-refractivity contribution in [3.8, 4) is 0 Å². The second kappa shape index (κ2) is 11.6. The summed E-state index contributed by atoms with van der Waals surface area (Å²) >= 11 is 0. The lowest BCUT2D eigenvalue weighted by molar-refractivity contribution is -0.137. The summed E-state index contributed by atoms with van der Waals surface area (Å²) in [6.07, 6.45) is 3.26. The summed E-state index contributed by atoms with van der Waals surface area (Å²) in [5.74, 6) is -0.711. The van der Waals surface area contributed by atoms with Gasteiger partial charge in [0.15, 0.2) is 0 Å². The minimum Gasteiger partial charge on any atom is -0.343 e. The van der Waals surface area contributed by atoms with Crippen LogP contribution in [0.1, 0.15) is 30.4 Å². The smallest absolute Gasteiger partial charge is 0.245 e. The van der Waals surface area contributed by atoms with Gasteiger partial charge in [0.1, 0.15) is 6.04 Å². The Morgan fingerprint density at radius 3 is 2.25 bits per heavy atom. The molecule has 0 aromatic heterocycles. The molecule has 1 fully saturated rings. The number of piperidine rings is 1. The summed E-state index contributed by atoms with van der Waals surface area (Å²) < 4.78 is 28.0. The SMILES string of the molecule is NCc1ccc(CC(NC(=O)CNS(=O)(=O)c2ccc3ccccc3c2)C(=O)N2CCCCC2)cc1. The number of carbonyl (C=O) groups excluding carboxylic acids is 2. The van der Waals surface area contributed by atoms with Crippen LogP contribution >= 0.6 is 0 Å². The summed E-state index contributed by atoms with van der Waals surface area (Å²) in [5, 5.41) is 4.48. The van der Waals surface area contributed by atoms with E-state index in [1.807, 2.05) is 48.5 Å². The van der Waals surface area contributed by atoms with E-state index in [2.05, 4.69) is 10.0 Å². The van der Waals surface area contributed by atoms with Crippen molar-refractivity contribution in [2.45, 2.75) is 43.2 Å². The zero-order valence-electron chi connectivity index (χ0n) is 20.2. The third kappa shape index (κ3) is 6.48. The molecule has 0 bridgehead atoms. The van der Waals surface area contributed by atoms with Gasteiger partial charge in [0.25, 0.3) is 0 Å². The molecule has 4 rings (SSSR count). The molecule has 0 radical (unpaired) electrons. The highest BCUT2D eigenvalue weighted by atomic mass is 32.2. The number of hydrogen-bond donors (Lipinski definition) is 3. The summed E-state index contributed by atoms with van der Waals surface area (Å²) in [7, 11) is -3.91. The standard InChI is InChI=1S/C27H32N4O4S/c28-18-21-10-8-20(9-11-21)16-25(27(33)31-14-4-1-5-15-31)30-26(32)19-29-36(34,35)24-13-12-22-6-2-3-7-23(22)17-24/h2-3,6-13,17,25,29H,1,4-5,14-16,18-19,28H2,(H,30,32). The van der Waals surface area contributed by atoms with Crippen LogP contribution in [-0.4, -0.2) is 50.8 Å². The molecule has 9 heteroatoms. The Kier molecular flexibility index (Phi) is 8.35. The van der Waals surface area contributed by atoms with Crippen LogP contribution in [0.5, 0.6) is 0 Å². The Bertz CT molecular complexity index is 1320. The van der Waals surface area contributed by atoms with Crippen molar-refractivity contribution in [3.63, 3.8) is 0 Å². The Morgan fingerprint density at radius 1 is 0.889 bits per heavy atom. The lowest BCUT2D eigenvalue weighted by Gasteiger charge is -2.31. The summed E-state index contributed by atoms with van der Waals surface area (Å²) in [6.45, 7) is 1.27. The van der Waals surface area contributed by atoms with Gasteiger partial charge in [-0.2, -0.15) is 0 Å². The van der Waals surface area contributed by atoms with E-state index in [9.17, 15) is 18.0 Å². The van der Waals surface area contributed by atoms with Gasteiger partial charge in [-0.15, -0.1) is 0 Å². The molecule has 1 aliphatic heterocycles. The van der Waals surface area contributed by atoms with Gasteiger partial charge in [-0.25, -0.2) is 13.1 Å². The lowest BCUT2D eigenvalue weighted by atomic mass is 10.0. The van der Waals surface area contributed by atoms with Gasteiger partial charge in [-0.3, -0.25) is 9.59 Å². The minimum atomic E-state index is -3.91. The van der Waals surface area contributed by atoms with Crippen molar-refractivity contribution in [3.05, 3.63) is 77.9 Å². The highest BCUT2D eigenvalue weighted by Gasteiger charge is 2.28. The van der Waals surface area contributed by atoms with E-state index in [4.69, 9.17) is 5.73 Å². The summed E-state index contributed by atoms with van der Waals surface area (Å²) in [6, 6.07) is 19.1. The van der Waals surface area contributed by atoms with Gasteiger partial charge in [-0.05, 0) is 53.3 Å². The number of nitrogens with two attached hydrogens (primary N) is 1. The molecule has 0 saturated carbocycles. The first kappa shape index (κ1) is 25.8. The second-order valence-electron chi connectivity index (χ2n) is 9.06. The van der Waals surface area contributed by atoms with Gasteiger partial charge in [0, 0.05) is 26.1 Å². The molecule has 1 atom stereocenters. The van der Waals surface area contributed by atoms with Crippen molar-refractivity contribution in [2.75, 3.05) is 19.6 Å². The molecular formula is C27H32N4O4S. The topological polar surface area (TPSA) is 122 Å². The van der Waals surface area contributed by atoms with E-state index in [-0.39, 0.29) is 10.8 Å². The molecule has 1 saturated heterocycles. The average Bonchev–Trinajstić information content (AvgIpc) is 2.92. The number of sulfonamides is 1. The maximum Gasteiger partial charge on any atom is 0.245 e. The van der Waals surface area contributed by atoms with Gasteiger partial charge >= 0.3 is 0 Å². The van der Waals surface area contributed by atoms with Crippen molar-refractivity contribution in [1.29, 1.82) is 0 Å². The van der Waals surface area contributed by atoms with Crippen LogP contribution in [0.2, 0.25) is 0 Å². The van der Waals surface area contributed by atoms with Crippen molar-refractivity contribution >= 4 is 32.6 Å². The average molecular weight is 509 g/mol. The highest BCUT2D eigenvalue weighted by Crippen LogP contribution is 2.19. The molecule has 2 amide bonds. The Hall–Kier alpha value is -3.27. The number of amides is 2. The summed E-state index contributed by atoms with van der Waals surface area (Å²) in [4.78, 5) is 27.9. The normalized spacial score (nSPS) is 15.0. The van der Waals surface area contributed by atoms with Crippen LogP contribution < -0.4 is 15.8 Å². The first-order valence-corrected chi connectivity index (χ1v) is 13.7. The zero-order chi connectivity index (χ0) is 25.5. The molecule has 36 heavy (non-hydrogen) atoms. The van der Waals surface area contributed by atoms with E-state index in [1.165, 1.54) is 6.07 Å². The molecule has 1 aliphatic rings. The number of nitrogens with one attached hydrogen (secondary N) is 2. The number of fused-ring (bicyclic) bond motifs is 1. The maximum absolute atomic E-state index is 13.3. The fourth-order valence-electron chi connectivity index (χ4n) is 4.41. The predicted octanol–water partition coefficient (Wildman–Crippen LogP) is 2.32. The molecule has 4 N–H and O–H groups in total. The van der Waals surface area contributed by atoms with Gasteiger partial charge < -0.3 is 16.0 Å². The largest absolute Gasteiger partial charge is 0.343 e. The number of benzene rings is 3. The molecule has 3 aromatic rings. The molecule has 0 spiro atoms. The van der Waals surface area contributed by atoms with E-state index in [0.717, 1.165) is 41.2 Å². The van der Waals surface area contributed by atoms with E-state index >= 15 is 0 Å². The Balaban J connectivity index is 1.44. The Labute approximate surface area is 211 Å². The van der Waals surface area contributed by atoms with Gasteiger partial charge in [-0.1, -0.05) is 54.6 Å². The van der Waals surface area contributed by atoms with Crippen molar-refractivity contribution < 1.29 is 18.0 Å². The number of nitrogens with zero attached hydrogens (tertiary/aromatic N) is 1. The predicted molar refractivity (Wildman–Crippen MR) is 140 cm³/mol. The van der Waals surface area contributed by atoms with Crippen LogP contribution in [0.3, 0.4) is 0 Å². The first-order chi connectivity index (χ1) is 17.4. The molecule has 0 aliphatic carbocycles. The fourth-order valence-corrected chi connectivity index (χ4v) is 5.42. The molecule has 1 unspecified atom stereocenters. The third-order valence-corrected chi connectivity index (χ3v) is 7.85. The van der Waals surface area contributed by atoms with Gasteiger partial charge in [0.05, 0.1) is 11.4 Å². The quantitative estimate of drug-likeness (QED) is 0.410. The lowest BCUT2D eigenvalue weighted by Crippen LogP contribution is -2.52. The molecule has 8 nitrogen and oxygen atoms in total. The maximum atomic E-state index is 13.3. The van der Waals surface area contributed by atoms with E-state index < -0.39 is 28.5 Å². The van der Waals surface area contributed by atoms with E-state index in [1.54, 1.807) is 17.0 Å². The van der Waals surface area contributed by atoms with Crippen molar-refractivity contribution in [2.24, 2.45) is 5.73 Å². The number of likely N-dealkylation sites (tertiary alicyclic amines) is 1. The number of hydrogen-bond acceptors (Lipinski definition) is 5. The van der Waals surface area contributed by atoms with Gasteiger partial charge in [0.2, 0.25) is 21.8 Å². The number of carbonyl (C=O) groups is 2. The van der Waals surface area contributed by atoms with Crippen LogP contribution in [0, 0.1) is 0 Å². The van der Waals surface area contributed by atoms with E-state index in [0.29, 0.717) is 26.1 Å². The minimum absolute atomic E-state index is 0.0786. The molecule has 1 heterocycles. The first-order valence-electron chi connectivity index (χ1n) is 12.2. The molecular weight excluding hydrogens is 476 g/mol. The fraction of sp³-hybridized carbons (Fsp3) is 0.333. The monoisotopic (exact) mass is 508 g/mol. The van der Waals surface area contributed by atoms with Crippen molar-refractivity contribution in [1.82, 2.24) is 14.9 Å². The van der Waals surface area contributed by atoms with Crippen LogP contribution in [0.25, 0.3) is 10.8 Å². The van der Waals surface area contributed by atoms with Crippen LogP contribution in [-0.2, 0) is 32.6 Å². The summed E-state index contributed by atoms with van der Waals surface area (Å²) in [5.41, 5.74) is 7.54. The molecule has 190 valence electrons.